The Morgan fingerprint density at radius 1 is 1.53 bits per heavy atom. The minimum Gasteiger partial charge on any atom is -0.348 e. The minimum absolute atomic E-state index is 0.778. The molecular formula is C10H15N5. The molecule has 0 atom stereocenters. The average molecular weight is 205 g/mol. The van der Waals surface area contributed by atoms with Crippen LogP contribution in [0.4, 0.5) is 0 Å². The molecule has 0 amide bonds. The van der Waals surface area contributed by atoms with Crippen molar-refractivity contribution in [3.8, 4) is 0 Å². The molecule has 5 heteroatoms. The first-order chi connectivity index (χ1) is 7.34. The molecule has 0 saturated carbocycles. The molecule has 0 unspecified atom stereocenters. The Bertz CT molecular complexity index is 390. The van der Waals surface area contributed by atoms with Gasteiger partial charge < -0.3 is 10.3 Å². The van der Waals surface area contributed by atoms with Gasteiger partial charge in [-0.2, -0.15) is 5.10 Å². The molecule has 0 radical (unpaired) electrons. The zero-order chi connectivity index (χ0) is 10.5. The lowest BCUT2D eigenvalue weighted by atomic mass is 10.3. The molecule has 2 heterocycles. The van der Waals surface area contributed by atoms with Crippen molar-refractivity contribution in [1.82, 2.24) is 25.1 Å². The first-order valence-corrected chi connectivity index (χ1v) is 5.02. The van der Waals surface area contributed by atoms with Crippen molar-refractivity contribution in [2.45, 2.75) is 13.0 Å². The molecular weight excluding hydrogens is 190 g/mol. The number of hydrogen-bond acceptors (Lipinski definition) is 3. The third kappa shape index (κ3) is 2.92. The number of nitrogens with one attached hydrogen (secondary N) is 2. The lowest BCUT2D eigenvalue weighted by Crippen LogP contribution is -2.17. The van der Waals surface area contributed by atoms with Gasteiger partial charge in [-0.05, 0) is 6.07 Å². The molecule has 80 valence electrons. The summed E-state index contributed by atoms with van der Waals surface area (Å²) in [7, 11) is 1.93. The first-order valence-electron chi connectivity index (χ1n) is 5.02. The van der Waals surface area contributed by atoms with E-state index in [1.165, 1.54) is 0 Å². The van der Waals surface area contributed by atoms with Gasteiger partial charge >= 0.3 is 0 Å². The van der Waals surface area contributed by atoms with Gasteiger partial charge in [-0.15, -0.1) is 0 Å². The molecule has 2 rings (SSSR count). The van der Waals surface area contributed by atoms with Crippen LogP contribution >= 0.6 is 0 Å². The van der Waals surface area contributed by atoms with Gasteiger partial charge in [0.15, 0.2) is 0 Å². The van der Waals surface area contributed by atoms with E-state index < -0.39 is 0 Å². The Balaban J connectivity index is 1.67. The normalized spacial score (nSPS) is 10.7. The maximum Gasteiger partial charge on any atom is 0.120 e. The van der Waals surface area contributed by atoms with E-state index in [0.717, 1.165) is 31.0 Å². The number of aryl methyl sites for hydroxylation is 1. The molecule has 15 heavy (non-hydrogen) atoms. The number of imidazole rings is 1. The van der Waals surface area contributed by atoms with E-state index >= 15 is 0 Å². The van der Waals surface area contributed by atoms with Crippen molar-refractivity contribution in [2.75, 3.05) is 6.54 Å². The third-order valence-corrected chi connectivity index (χ3v) is 2.17. The van der Waals surface area contributed by atoms with Gasteiger partial charge in [0.1, 0.15) is 5.82 Å². The maximum atomic E-state index is 4.30. The standard InChI is InChI=1S/C10H15N5/c1-15-7-3-9(14-15)2-4-11-8-10-12-5-6-13-10/h3,5-7,11H,2,4,8H2,1H3,(H,12,13). The summed E-state index contributed by atoms with van der Waals surface area (Å²) in [6.07, 6.45) is 6.49. The van der Waals surface area contributed by atoms with Crippen molar-refractivity contribution >= 4 is 0 Å². The lowest BCUT2D eigenvalue weighted by Gasteiger charge is -2.00. The van der Waals surface area contributed by atoms with Crippen LogP contribution in [-0.4, -0.2) is 26.3 Å². The second-order valence-corrected chi connectivity index (χ2v) is 3.44. The summed E-state index contributed by atoms with van der Waals surface area (Å²) in [6.45, 7) is 1.69. The molecule has 0 saturated heterocycles. The zero-order valence-corrected chi connectivity index (χ0v) is 8.77. The number of aromatic amines is 1. The molecule has 0 aliphatic rings. The van der Waals surface area contributed by atoms with Crippen LogP contribution < -0.4 is 5.32 Å². The fourth-order valence-corrected chi connectivity index (χ4v) is 1.41. The quantitative estimate of drug-likeness (QED) is 0.698. The molecule has 0 aromatic carbocycles. The predicted molar refractivity (Wildman–Crippen MR) is 57.2 cm³/mol. The SMILES string of the molecule is Cn1ccc(CCNCc2ncc[nH]2)n1. The van der Waals surface area contributed by atoms with Crippen LogP contribution in [0.5, 0.6) is 0 Å². The van der Waals surface area contributed by atoms with Crippen molar-refractivity contribution in [1.29, 1.82) is 0 Å². The van der Waals surface area contributed by atoms with E-state index in [1.54, 1.807) is 6.20 Å². The molecule has 0 spiro atoms. The Morgan fingerprint density at radius 3 is 3.13 bits per heavy atom. The van der Waals surface area contributed by atoms with Crippen molar-refractivity contribution in [3.63, 3.8) is 0 Å². The largest absolute Gasteiger partial charge is 0.348 e. The highest BCUT2D eigenvalue weighted by molar-refractivity contribution is 4.99. The summed E-state index contributed by atoms with van der Waals surface area (Å²) in [6, 6.07) is 2.04. The summed E-state index contributed by atoms with van der Waals surface area (Å²) >= 11 is 0. The van der Waals surface area contributed by atoms with Crippen molar-refractivity contribution in [2.24, 2.45) is 7.05 Å². The summed E-state index contributed by atoms with van der Waals surface area (Å²) in [5, 5.41) is 7.60. The highest BCUT2D eigenvalue weighted by Gasteiger charge is 1.97. The number of rotatable bonds is 5. The second kappa shape index (κ2) is 4.75. The number of hydrogen-bond donors (Lipinski definition) is 2. The Morgan fingerprint density at radius 2 is 2.47 bits per heavy atom. The fraction of sp³-hybridized carbons (Fsp3) is 0.400. The van der Waals surface area contributed by atoms with E-state index in [9.17, 15) is 0 Å². The smallest absolute Gasteiger partial charge is 0.120 e. The van der Waals surface area contributed by atoms with Gasteiger partial charge in [-0.1, -0.05) is 0 Å². The minimum atomic E-state index is 0.778. The van der Waals surface area contributed by atoms with Crippen LogP contribution in [0.25, 0.3) is 0 Å². The van der Waals surface area contributed by atoms with Crippen molar-refractivity contribution < 1.29 is 0 Å². The lowest BCUT2D eigenvalue weighted by molar-refractivity contribution is 0.649. The maximum absolute atomic E-state index is 4.30. The van der Waals surface area contributed by atoms with Gasteiger partial charge in [0.05, 0.1) is 12.2 Å². The Kier molecular flexibility index (Phi) is 3.14. The van der Waals surface area contributed by atoms with E-state index in [4.69, 9.17) is 0 Å². The van der Waals surface area contributed by atoms with Crippen LogP contribution in [0.1, 0.15) is 11.5 Å². The fourth-order valence-electron chi connectivity index (χ4n) is 1.41. The molecule has 0 bridgehead atoms. The van der Waals surface area contributed by atoms with E-state index in [1.807, 2.05) is 30.2 Å². The highest BCUT2D eigenvalue weighted by atomic mass is 15.2. The summed E-state index contributed by atoms with van der Waals surface area (Å²) in [5.41, 5.74) is 1.12. The van der Waals surface area contributed by atoms with Gasteiger partial charge in [0.2, 0.25) is 0 Å². The van der Waals surface area contributed by atoms with Gasteiger partial charge in [-0.25, -0.2) is 4.98 Å². The number of nitrogens with zero attached hydrogens (tertiary/aromatic N) is 3. The summed E-state index contributed by atoms with van der Waals surface area (Å²) < 4.78 is 1.82. The highest BCUT2D eigenvalue weighted by Crippen LogP contribution is 1.94. The third-order valence-electron chi connectivity index (χ3n) is 2.17. The van der Waals surface area contributed by atoms with Crippen LogP contribution in [0.3, 0.4) is 0 Å². The van der Waals surface area contributed by atoms with E-state index in [2.05, 4.69) is 20.4 Å². The predicted octanol–water partition coefficient (Wildman–Crippen LogP) is 0.475. The number of H-pyrrole nitrogens is 1. The number of aromatic nitrogens is 4. The van der Waals surface area contributed by atoms with Crippen LogP contribution in [0, 0.1) is 0 Å². The Hall–Kier alpha value is -1.62. The molecule has 5 nitrogen and oxygen atoms in total. The van der Waals surface area contributed by atoms with Gasteiger partial charge in [-0.3, -0.25) is 4.68 Å². The molecule has 0 aliphatic carbocycles. The van der Waals surface area contributed by atoms with Crippen LogP contribution in [0.2, 0.25) is 0 Å². The molecule has 0 fully saturated rings. The van der Waals surface area contributed by atoms with Gasteiger partial charge in [0.25, 0.3) is 0 Å². The second-order valence-electron chi connectivity index (χ2n) is 3.44. The monoisotopic (exact) mass is 205 g/mol. The topological polar surface area (TPSA) is 58.5 Å². The van der Waals surface area contributed by atoms with Gasteiger partial charge in [0, 0.05) is 38.6 Å². The zero-order valence-electron chi connectivity index (χ0n) is 8.77. The van der Waals surface area contributed by atoms with E-state index in [0.29, 0.717) is 0 Å². The first kappa shape index (κ1) is 9.92. The molecule has 2 aromatic rings. The Labute approximate surface area is 88.5 Å². The van der Waals surface area contributed by atoms with Crippen LogP contribution in [-0.2, 0) is 20.0 Å². The molecule has 2 aromatic heterocycles. The van der Waals surface area contributed by atoms with Crippen LogP contribution in [0.15, 0.2) is 24.7 Å². The average Bonchev–Trinajstić information content (AvgIpc) is 2.84. The molecule has 2 N–H and O–H groups in total. The summed E-state index contributed by atoms with van der Waals surface area (Å²) in [4.78, 5) is 7.17. The summed E-state index contributed by atoms with van der Waals surface area (Å²) in [5.74, 6) is 0.969. The van der Waals surface area contributed by atoms with E-state index in [-0.39, 0.29) is 0 Å². The van der Waals surface area contributed by atoms with Crippen molar-refractivity contribution in [3.05, 3.63) is 36.2 Å². The molecule has 0 aliphatic heterocycles.